The summed E-state index contributed by atoms with van der Waals surface area (Å²) in [7, 11) is 0. The normalized spacial score (nSPS) is 11.0. The molecule has 1 heterocycles. The maximum Gasteiger partial charge on any atom is 0.321 e. The molecule has 3 N–H and O–H groups in total. The first-order valence-corrected chi connectivity index (χ1v) is 6.24. The van der Waals surface area contributed by atoms with Crippen molar-refractivity contribution >= 4 is 28.7 Å². The molecule has 0 saturated carbocycles. The summed E-state index contributed by atoms with van der Waals surface area (Å²) in [6, 6.07) is -0.513. The summed E-state index contributed by atoms with van der Waals surface area (Å²) < 4.78 is 3.49. The molecule has 0 bridgehead atoms. The van der Waals surface area contributed by atoms with Crippen molar-refractivity contribution in [2.45, 2.75) is 26.7 Å². The number of amides is 2. The summed E-state index contributed by atoms with van der Waals surface area (Å²) in [5.74, 6) is -0.912. The zero-order valence-corrected chi connectivity index (χ0v) is 11.0. The molecule has 0 aliphatic heterocycles. The van der Waals surface area contributed by atoms with Crippen LogP contribution in [0.3, 0.4) is 0 Å². The average molecular weight is 273 g/mol. The zero-order chi connectivity index (χ0) is 13.6. The van der Waals surface area contributed by atoms with E-state index >= 15 is 0 Å². The van der Waals surface area contributed by atoms with Gasteiger partial charge in [0.2, 0.25) is 5.13 Å². The van der Waals surface area contributed by atoms with Gasteiger partial charge in [-0.2, -0.15) is 0 Å². The SMILES string of the molecule is CCC(CC)(CNC(=O)Nc1nnns1)C(=O)O. The highest BCUT2D eigenvalue weighted by molar-refractivity contribution is 7.09. The third-order valence-corrected chi connectivity index (χ3v) is 3.43. The summed E-state index contributed by atoms with van der Waals surface area (Å²) in [5.41, 5.74) is -0.934. The van der Waals surface area contributed by atoms with Crippen LogP contribution in [0.15, 0.2) is 0 Å². The lowest BCUT2D eigenvalue weighted by molar-refractivity contribution is -0.149. The number of aliphatic carboxylic acids is 1. The highest BCUT2D eigenvalue weighted by Crippen LogP contribution is 2.25. The average Bonchev–Trinajstić information content (AvgIpc) is 2.83. The first kappa shape index (κ1) is 14.3. The standard InChI is InChI=1S/C9H15N5O3S/c1-3-9(4-2,6(15)16)5-10-7(17)11-8-12-13-14-18-8/h3-5H2,1-2H3,(H,15,16)(H2,10,11,12,14,17). The van der Waals surface area contributed by atoms with Crippen LogP contribution < -0.4 is 10.6 Å². The van der Waals surface area contributed by atoms with Crippen LogP contribution in [0.25, 0.3) is 0 Å². The van der Waals surface area contributed by atoms with E-state index < -0.39 is 17.4 Å². The molecule has 1 aromatic rings. The fourth-order valence-electron chi connectivity index (χ4n) is 1.45. The van der Waals surface area contributed by atoms with Crippen LogP contribution in [-0.2, 0) is 4.79 Å². The van der Waals surface area contributed by atoms with E-state index in [0.29, 0.717) is 12.8 Å². The Kier molecular flexibility index (Phi) is 4.95. The molecule has 18 heavy (non-hydrogen) atoms. The van der Waals surface area contributed by atoms with Gasteiger partial charge in [0, 0.05) is 18.1 Å². The molecule has 100 valence electrons. The molecule has 0 aromatic carbocycles. The molecular formula is C9H15N5O3S. The molecule has 9 heteroatoms. The number of anilines is 1. The second-order valence-corrected chi connectivity index (χ2v) is 4.50. The number of rotatable bonds is 6. The largest absolute Gasteiger partial charge is 0.481 e. The highest BCUT2D eigenvalue weighted by Gasteiger charge is 2.35. The smallest absolute Gasteiger partial charge is 0.321 e. The van der Waals surface area contributed by atoms with Gasteiger partial charge in [-0.3, -0.25) is 10.1 Å². The fraction of sp³-hybridized carbons (Fsp3) is 0.667. The van der Waals surface area contributed by atoms with Crippen LogP contribution in [0.2, 0.25) is 0 Å². The first-order valence-electron chi connectivity index (χ1n) is 5.47. The van der Waals surface area contributed by atoms with Gasteiger partial charge < -0.3 is 10.4 Å². The second kappa shape index (κ2) is 6.24. The molecule has 0 spiro atoms. The summed E-state index contributed by atoms with van der Waals surface area (Å²) in [5, 5.41) is 21.3. The molecule has 2 amide bonds. The molecule has 0 unspecified atom stereocenters. The number of carbonyl (C=O) groups is 2. The van der Waals surface area contributed by atoms with Gasteiger partial charge in [0.1, 0.15) is 0 Å². The molecule has 8 nitrogen and oxygen atoms in total. The number of nitrogens with zero attached hydrogens (tertiary/aromatic N) is 3. The molecule has 0 atom stereocenters. The van der Waals surface area contributed by atoms with Gasteiger partial charge in [-0.25, -0.2) is 4.79 Å². The Labute approximate surface area is 108 Å². The van der Waals surface area contributed by atoms with Crippen molar-refractivity contribution < 1.29 is 14.7 Å². The van der Waals surface area contributed by atoms with Crippen molar-refractivity contribution in [2.75, 3.05) is 11.9 Å². The van der Waals surface area contributed by atoms with Crippen molar-refractivity contribution in [3.05, 3.63) is 0 Å². The van der Waals surface area contributed by atoms with E-state index in [1.54, 1.807) is 13.8 Å². The van der Waals surface area contributed by atoms with E-state index in [2.05, 4.69) is 25.4 Å². The molecule has 0 radical (unpaired) electrons. The highest BCUT2D eigenvalue weighted by atomic mass is 32.1. The van der Waals surface area contributed by atoms with Gasteiger partial charge >= 0.3 is 12.0 Å². The van der Waals surface area contributed by atoms with Crippen molar-refractivity contribution in [1.82, 2.24) is 20.1 Å². The lowest BCUT2D eigenvalue weighted by Crippen LogP contribution is -2.43. The number of nitrogens with one attached hydrogen (secondary N) is 2. The first-order chi connectivity index (χ1) is 8.54. The van der Waals surface area contributed by atoms with Crippen LogP contribution >= 0.6 is 11.5 Å². The molecule has 1 rings (SSSR count). The summed E-state index contributed by atoms with van der Waals surface area (Å²) >= 11 is 0.942. The van der Waals surface area contributed by atoms with E-state index in [1.807, 2.05) is 0 Å². The monoisotopic (exact) mass is 273 g/mol. The number of carboxylic acids is 1. The molecule has 0 fully saturated rings. The van der Waals surface area contributed by atoms with Crippen molar-refractivity contribution in [1.29, 1.82) is 0 Å². The van der Waals surface area contributed by atoms with Gasteiger partial charge in [0.05, 0.1) is 5.41 Å². The predicted octanol–water partition coefficient (Wildman–Crippen LogP) is 0.946. The minimum Gasteiger partial charge on any atom is -0.481 e. The summed E-state index contributed by atoms with van der Waals surface area (Å²) in [6.07, 6.45) is 0.888. The van der Waals surface area contributed by atoms with Crippen LogP contribution in [0, 0.1) is 5.41 Å². The summed E-state index contributed by atoms with van der Waals surface area (Å²) in [6.45, 7) is 3.63. The van der Waals surface area contributed by atoms with Crippen molar-refractivity contribution in [3.8, 4) is 0 Å². The number of hydrogen-bond acceptors (Lipinski definition) is 6. The van der Waals surface area contributed by atoms with Gasteiger partial charge in [0.15, 0.2) is 0 Å². The Hall–Kier alpha value is -1.77. The van der Waals surface area contributed by atoms with E-state index in [9.17, 15) is 14.7 Å². The molecular weight excluding hydrogens is 258 g/mol. The van der Waals surface area contributed by atoms with Gasteiger partial charge in [-0.1, -0.05) is 23.4 Å². The Morgan fingerprint density at radius 1 is 1.39 bits per heavy atom. The van der Waals surface area contributed by atoms with Gasteiger partial charge in [0.25, 0.3) is 0 Å². The lowest BCUT2D eigenvalue weighted by atomic mass is 9.82. The molecule has 0 aliphatic carbocycles. The predicted molar refractivity (Wildman–Crippen MR) is 65.4 cm³/mol. The van der Waals surface area contributed by atoms with Crippen LogP contribution in [0.1, 0.15) is 26.7 Å². The van der Waals surface area contributed by atoms with Gasteiger partial charge in [-0.15, -0.1) is 0 Å². The van der Waals surface area contributed by atoms with Crippen LogP contribution in [0.5, 0.6) is 0 Å². The third kappa shape index (κ3) is 3.36. The Balaban J connectivity index is 2.52. The number of urea groups is 1. The van der Waals surface area contributed by atoms with Crippen molar-refractivity contribution in [2.24, 2.45) is 5.41 Å². The van der Waals surface area contributed by atoms with E-state index in [4.69, 9.17) is 0 Å². The Morgan fingerprint density at radius 2 is 2.06 bits per heavy atom. The van der Waals surface area contributed by atoms with E-state index in [0.717, 1.165) is 11.5 Å². The zero-order valence-electron chi connectivity index (χ0n) is 10.1. The van der Waals surface area contributed by atoms with Gasteiger partial charge in [-0.05, 0) is 18.1 Å². The number of carboxylic acid groups (broad SMARTS) is 1. The fourth-order valence-corrected chi connectivity index (χ4v) is 1.81. The van der Waals surface area contributed by atoms with Crippen LogP contribution in [0.4, 0.5) is 9.93 Å². The third-order valence-electron chi connectivity index (χ3n) is 2.91. The Morgan fingerprint density at radius 3 is 2.50 bits per heavy atom. The lowest BCUT2D eigenvalue weighted by Gasteiger charge is -2.26. The number of carbonyl (C=O) groups excluding carboxylic acids is 1. The maximum atomic E-state index is 11.5. The molecule has 0 saturated heterocycles. The van der Waals surface area contributed by atoms with E-state index in [1.165, 1.54) is 0 Å². The van der Waals surface area contributed by atoms with Crippen molar-refractivity contribution in [3.63, 3.8) is 0 Å². The van der Waals surface area contributed by atoms with E-state index in [-0.39, 0.29) is 11.7 Å². The molecule has 0 aliphatic rings. The maximum absolute atomic E-state index is 11.5. The number of hydrogen-bond donors (Lipinski definition) is 3. The minimum atomic E-state index is -0.934. The Bertz CT molecular complexity index is 404. The quantitative estimate of drug-likeness (QED) is 0.710. The topological polar surface area (TPSA) is 117 Å². The summed E-state index contributed by atoms with van der Waals surface area (Å²) in [4.78, 5) is 22.7. The minimum absolute atomic E-state index is 0.0629. The second-order valence-electron chi connectivity index (χ2n) is 3.77. The van der Waals surface area contributed by atoms with Crippen LogP contribution in [-0.4, -0.2) is 38.5 Å². The molecule has 1 aromatic heterocycles. The number of aromatic nitrogens is 3.